The Kier molecular flexibility index (Phi) is 4.54. The molecule has 3 aromatic rings. The second-order valence-corrected chi connectivity index (χ2v) is 6.10. The second-order valence-electron chi connectivity index (χ2n) is 6.10. The van der Waals surface area contributed by atoms with Crippen LogP contribution in [0.2, 0.25) is 0 Å². The Hall–Kier alpha value is -2.92. The minimum atomic E-state index is -1.27. The molecule has 1 aliphatic rings. The third kappa shape index (κ3) is 3.04. The largest absolute Gasteiger partial charge is 0.394 e. The fourth-order valence-electron chi connectivity index (χ4n) is 3.01. The summed E-state index contributed by atoms with van der Waals surface area (Å²) in [5.41, 5.74) is 1.08. The van der Waals surface area contributed by atoms with Crippen LogP contribution in [0.15, 0.2) is 43.0 Å². The van der Waals surface area contributed by atoms with Gasteiger partial charge in [-0.25, -0.2) is 15.0 Å². The number of ether oxygens (including phenoxy) is 1. The molecule has 1 fully saturated rings. The molecule has 0 radical (unpaired) electrons. The Morgan fingerprint density at radius 2 is 1.93 bits per heavy atom. The van der Waals surface area contributed by atoms with Crippen molar-refractivity contribution in [3.8, 4) is 0 Å². The van der Waals surface area contributed by atoms with Gasteiger partial charge in [0.1, 0.15) is 24.6 Å². The Balaban J connectivity index is 1.65. The van der Waals surface area contributed by atoms with E-state index in [0.717, 1.165) is 0 Å². The van der Waals surface area contributed by atoms with Crippen LogP contribution in [-0.4, -0.2) is 65.7 Å². The lowest BCUT2D eigenvalue weighted by molar-refractivity contribution is -0.0511. The number of carbonyl (C=O) groups excluding carboxylic acids is 1. The van der Waals surface area contributed by atoms with Gasteiger partial charge in [0.25, 0.3) is 5.91 Å². The summed E-state index contributed by atoms with van der Waals surface area (Å²) < 4.78 is 6.93. The highest BCUT2D eigenvalue weighted by Gasteiger charge is 2.44. The van der Waals surface area contributed by atoms with Gasteiger partial charge in [-0.1, -0.05) is 18.2 Å². The van der Waals surface area contributed by atoms with Gasteiger partial charge in [-0.2, -0.15) is 0 Å². The number of benzene rings is 1. The molecule has 1 amide bonds. The first-order valence-corrected chi connectivity index (χ1v) is 8.26. The first kappa shape index (κ1) is 17.5. The van der Waals surface area contributed by atoms with Crippen LogP contribution >= 0.6 is 0 Å². The molecule has 2 aromatic heterocycles. The normalized spacial score (nSPS) is 25.0. The van der Waals surface area contributed by atoms with Crippen LogP contribution < -0.4 is 5.32 Å². The molecule has 0 bridgehead atoms. The number of hydrogen-bond acceptors (Lipinski definition) is 8. The molecule has 10 nitrogen and oxygen atoms in total. The van der Waals surface area contributed by atoms with Crippen molar-refractivity contribution in [2.45, 2.75) is 24.5 Å². The zero-order chi connectivity index (χ0) is 19.0. The van der Waals surface area contributed by atoms with Crippen molar-refractivity contribution in [1.82, 2.24) is 19.5 Å². The fourth-order valence-corrected chi connectivity index (χ4v) is 3.01. The van der Waals surface area contributed by atoms with Gasteiger partial charge in [0.2, 0.25) is 0 Å². The van der Waals surface area contributed by atoms with Crippen molar-refractivity contribution in [3.05, 3.63) is 48.5 Å². The first-order chi connectivity index (χ1) is 13.1. The maximum Gasteiger partial charge on any atom is 0.256 e. The predicted molar refractivity (Wildman–Crippen MR) is 92.7 cm³/mol. The Labute approximate surface area is 153 Å². The number of carbonyl (C=O) groups is 1. The molecule has 1 aliphatic heterocycles. The van der Waals surface area contributed by atoms with Crippen LogP contribution in [0.1, 0.15) is 16.6 Å². The Morgan fingerprint density at radius 1 is 1.15 bits per heavy atom. The van der Waals surface area contributed by atoms with Crippen molar-refractivity contribution in [2.24, 2.45) is 0 Å². The summed E-state index contributed by atoms with van der Waals surface area (Å²) in [7, 11) is 0. The van der Waals surface area contributed by atoms with E-state index in [2.05, 4.69) is 20.3 Å². The first-order valence-electron chi connectivity index (χ1n) is 8.26. The minimum absolute atomic E-state index is 0.208. The lowest BCUT2D eigenvalue weighted by Gasteiger charge is -2.16. The molecule has 4 N–H and O–H groups in total. The average Bonchev–Trinajstić information content (AvgIpc) is 3.25. The quantitative estimate of drug-likeness (QED) is 0.489. The van der Waals surface area contributed by atoms with Gasteiger partial charge >= 0.3 is 0 Å². The van der Waals surface area contributed by atoms with Crippen molar-refractivity contribution >= 4 is 22.9 Å². The number of fused-ring (bicyclic) bond motifs is 1. The minimum Gasteiger partial charge on any atom is -0.394 e. The second kappa shape index (κ2) is 7.00. The zero-order valence-corrected chi connectivity index (χ0v) is 14.0. The van der Waals surface area contributed by atoms with E-state index in [1.165, 1.54) is 17.2 Å². The highest BCUT2D eigenvalue weighted by molar-refractivity contribution is 6.06. The van der Waals surface area contributed by atoms with Crippen LogP contribution in [0.5, 0.6) is 0 Å². The van der Waals surface area contributed by atoms with Gasteiger partial charge in [-0.15, -0.1) is 0 Å². The highest BCUT2D eigenvalue weighted by Crippen LogP contribution is 2.32. The molecule has 27 heavy (non-hydrogen) atoms. The van der Waals surface area contributed by atoms with Crippen LogP contribution in [0.3, 0.4) is 0 Å². The average molecular weight is 371 g/mol. The van der Waals surface area contributed by atoms with E-state index in [0.29, 0.717) is 16.7 Å². The third-order valence-corrected chi connectivity index (χ3v) is 4.42. The molecular weight excluding hydrogens is 354 g/mol. The summed E-state index contributed by atoms with van der Waals surface area (Å²) in [4.78, 5) is 24.8. The predicted octanol–water partition coefficient (Wildman–Crippen LogP) is -0.310. The molecule has 3 heterocycles. The van der Waals surface area contributed by atoms with Gasteiger partial charge in [0, 0.05) is 5.56 Å². The molecule has 4 rings (SSSR count). The smallest absolute Gasteiger partial charge is 0.256 e. The van der Waals surface area contributed by atoms with E-state index < -0.39 is 31.1 Å². The maximum absolute atomic E-state index is 12.4. The van der Waals surface area contributed by atoms with Crippen LogP contribution in [0.4, 0.5) is 5.82 Å². The van der Waals surface area contributed by atoms with Crippen molar-refractivity contribution < 1.29 is 24.9 Å². The molecule has 4 atom stereocenters. The molecule has 0 saturated carbocycles. The van der Waals surface area contributed by atoms with Gasteiger partial charge in [0.15, 0.2) is 23.2 Å². The van der Waals surface area contributed by atoms with E-state index in [-0.39, 0.29) is 11.7 Å². The van der Waals surface area contributed by atoms with Gasteiger partial charge < -0.3 is 25.4 Å². The van der Waals surface area contributed by atoms with Gasteiger partial charge in [0.05, 0.1) is 12.9 Å². The molecule has 1 saturated heterocycles. The number of aliphatic hydroxyl groups excluding tert-OH is 3. The van der Waals surface area contributed by atoms with E-state index >= 15 is 0 Å². The number of nitrogens with one attached hydrogen (secondary N) is 1. The van der Waals surface area contributed by atoms with Crippen LogP contribution in [-0.2, 0) is 4.74 Å². The SMILES string of the molecule is O=C(Nc1ncnc2c1ncn2[C@H]1O[C@@H](CO)C(O)C1O)c1ccccc1. The number of imidazole rings is 1. The number of hydrogen-bond donors (Lipinski definition) is 4. The molecule has 0 aliphatic carbocycles. The number of amides is 1. The highest BCUT2D eigenvalue weighted by atomic mass is 16.6. The van der Waals surface area contributed by atoms with Crippen LogP contribution in [0, 0.1) is 0 Å². The summed E-state index contributed by atoms with van der Waals surface area (Å²) in [6.45, 7) is -0.436. The van der Waals surface area contributed by atoms with E-state index in [1.807, 2.05) is 6.07 Å². The van der Waals surface area contributed by atoms with Gasteiger partial charge in [-0.3, -0.25) is 9.36 Å². The summed E-state index contributed by atoms with van der Waals surface area (Å²) in [5, 5.41) is 32.1. The number of nitrogens with zero attached hydrogens (tertiary/aromatic N) is 4. The lowest BCUT2D eigenvalue weighted by atomic mass is 10.1. The molecule has 10 heteroatoms. The van der Waals surface area contributed by atoms with E-state index in [9.17, 15) is 20.1 Å². The number of rotatable bonds is 4. The molecular formula is C17H17N5O5. The molecule has 140 valence electrons. The van der Waals surface area contributed by atoms with Crippen molar-refractivity contribution in [2.75, 3.05) is 11.9 Å². The molecule has 1 aromatic carbocycles. The monoisotopic (exact) mass is 371 g/mol. The van der Waals surface area contributed by atoms with Crippen molar-refractivity contribution in [3.63, 3.8) is 0 Å². The third-order valence-electron chi connectivity index (χ3n) is 4.42. The van der Waals surface area contributed by atoms with Crippen LogP contribution in [0.25, 0.3) is 11.2 Å². The number of aliphatic hydroxyl groups is 3. The number of aromatic nitrogens is 4. The molecule has 0 spiro atoms. The Bertz CT molecular complexity index is 963. The number of anilines is 1. The summed E-state index contributed by atoms with van der Waals surface area (Å²) in [6, 6.07) is 8.65. The Morgan fingerprint density at radius 3 is 2.63 bits per heavy atom. The summed E-state index contributed by atoms with van der Waals surface area (Å²) >= 11 is 0. The fraction of sp³-hybridized carbons (Fsp3) is 0.294. The molecule has 2 unspecified atom stereocenters. The van der Waals surface area contributed by atoms with Gasteiger partial charge in [-0.05, 0) is 12.1 Å². The topological polar surface area (TPSA) is 143 Å². The zero-order valence-electron chi connectivity index (χ0n) is 14.0. The van der Waals surface area contributed by atoms with E-state index in [4.69, 9.17) is 4.74 Å². The summed E-state index contributed by atoms with van der Waals surface area (Å²) in [6.07, 6.45) is -1.77. The standard InChI is InChI=1S/C17H17N5O5/c23-6-10-12(24)13(25)17(27-10)22-8-20-11-14(18-7-19-15(11)22)21-16(26)9-4-2-1-3-5-9/h1-5,7-8,10,12-13,17,23-25H,6H2,(H,18,19,21,26)/t10-,12?,13?,17-/m0/s1. The lowest BCUT2D eigenvalue weighted by Crippen LogP contribution is -2.33. The maximum atomic E-state index is 12.4. The van der Waals surface area contributed by atoms with Crippen molar-refractivity contribution in [1.29, 1.82) is 0 Å². The van der Waals surface area contributed by atoms with E-state index in [1.54, 1.807) is 24.3 Å². The summed E-state index contributed by atoms with van der Waals surface area (Å²) in [5.74, 6) is -0.141.